The highest BCUT2D eigenvalue weighted by atomic mass is 32.2. The van der Waals surface area contributed by atoms with Gasteiger partial charge in [-0.05, 0) is 37.1 Å². The van der Waals surface area contributed by atoms with Crippen molar-refractivity contribution in [3.63, 3.8) is 0 Å². The van der Waals surface area contributed by atoms with E-state index >= 15 is 0 Å². The van der Waals surface area contributed by atoms with E-state index < -0.39 is 16.7 Å². The van der Waals surface area contributed by atoms with E-state index in [1.165, 1.54) is 6.07 Å². The summed E-state index contributed by atoms with van der Waals surface area (Å²) in [5.41, 5.74) is 1.10. The molecule has 0 fully saturated rings. The molecule has 0 radical (unpaired) electrons. The molecule has 90 valence electrons. The number of primary sulfonamides is 1. The minimum atomic E-state index is -3.72. The molecule has 0 aromatic heterocycles. The van der Waals surface area contributed by atoms with Gasteiger partial charge in [-0.15, -0.1) is 0 Å². The summed E-state index contributed by atoms with van der Waals surface area (Å²) in [6.45, 7) is 2.66. The monoisotopic (exact) mass is 247 g/mol. The zero-order valence-electron chi connectivity index (χ0n) is 9.16. The van der Waals surface area contributed by atoms with Gasteiger partial charge in [-0.2, -0.15) is 0 Å². The zero-order chi connectivity index (χ0) is 12.3. The smallest absolute Gasteiger partial charge is 0.238 e. The van der Waals surface area contributed by atoms with Crippen molar-refractivity contribution in [2.24, 2.45) is 5.14 Å². The van der Waals surface area contributed by atoms with Gasteiger partial charge in [0.2, 0.25) is 10.0 Å². The summed E-state index contributed by atoms with van der Waals surface area (Å²) in [5, 5.41) is 5.05. The lowest BCUT2D eigenvalue weighted by Crippen LogP contribution is -2.14. The second-order valence-corrected chi connectivity index (χ2v) is 5.00. The van der Waals surface area contributed by atoms with Gasteiger partial charge in [0, 0.05) is 0 Å². The molecular weight excluding hydrogens is 233 g/mol. The quantitative estimate of drug-likeness (QED) is 0.871. The van der Waals surface area contributed by atoms with Crippen molar-refractivity contribution in [1.29, 1.82) is 0 Å². The van der Waals surface area contributed by atoms with Crippen LogP contribution in [0.1, 0.15) is 11.1 Å². The van der Waals surface area contributed by atoms with Gasteiger partial charge in [-0.3, -0.25) is 0 Å². The third-order valence-electron chi connectivity index (χ3n) is 2.11. The Morgan fingerprint density at radius 1 is 1.31 bits per heavy atom. The van der Waals surface area contributed by atoms with E-state index in [-0.39, 0.29) is 11.5 Å². The number of nitrogens with two attached hydrogens (primary N) is 1. The first-order chi connectivity index (χ1) is 7.36. The number of alkyl halides is 1. The molecule has 1 aromatic carbocycles. The van der Waals surface area contributed by atoms with Crippen LogP contribution in [0, 0.1) is 13.8 Å². The molecule has 0 spiro atoms. The molecule has 0 saturated carbocycles. The van der Waals surface area contributed by atoms with E-state index in [0.29, 0.717) is 16.9 Å². The number of sulfonamides is 1. The van der Waals surface area contributed by atoms with Gasteiger partial charge in [-0.25, -0.2) is 17.9 Å². The molecule has 0 aliphatic rings. The molecule has 16 heavy (non-hydrogen) atoms. The van der Waals surface area contributed by atoms with Crippen molar-refractivity contribution in [3.05, 3.63) is 23.3 Å². The van der Waals surface area contributed by atoms with Crippen LogP contribution in [-0.2, 0) is 10.0 Å². The van der Waals surface area contributed by atoms with E-state index in [4.69, 9.17) is 9.88 Å². The minimum Gasteiger partial charge on any atom is -0.491 e. The maximum absolute atomic E-state index is 11.9. The number of hydrogen-bond acceptors (Lipinski definition) is 3. The Kier molecular flexibility index (Phi) is 3.88. The molecule has 0 saturated heterocycles. The van der Waals surface area contributed by atoms with Crippen molar-refractivity contribution < 1.29 is 17.5 Å². The molecule has 4 nitrogen and oxygen atoms in total. The van der Waals surface area contributed by atoms with Crippen molar-refractivity contribution in [3.8, 4) is 5.75 Å². The molecule has 0 aliphatic heterocycles. The normalized spacial score (nSPS) is 11.5. The van der Waals surface area contributed by atoms with Crippen molar-refractivity contribution in [1.82, 2.24) is 0 Å². The van der Waals surface area contributed by atoms with Gasteiger partial charge in [0.25, 0.3) is 0 Å². The summed E-state index contributed by atoms with van der Waals surface area (Å²) >= 11 is 0. The lowest BCUT2D eigenvalue weighted by atomic mass is 10.1. The summed E-state index contributed by atoms with van der Waals surface area (Å²) in [7, 11) is -3.72. The summed E-state index contributed by atoms with van der Waals surface area (Å²) in [5.74, 6) is 0.475. The largest absolute Gasteiger partial charge is 0.491 e. The summed E-state index contributed by atoms with van der Waals surface area (Å²) in [6, 6.07) is 2.98. The molecule has 0 aliphatic carbocycles. The highest BCUT2D eigenvalue weighted by molar-refractivity contribution is 7.89. The van der Waals surface area contributed by atoms with E-state index in [1.807, 2.05) is 0 Å². The minimum absolute atomic E-state index is 0.0466. The summed E-state index contributed by atoms with van der Waals surface area (Å²) < 4.78 is 39.5. The number of halogens is 1. The number of benzene rings is 1. The molecule has 0 amide bonds. The van der Waals surface area contributed by atoms with Crippen LogP contribution < -0.4 is 9.88 Å². The van der Waals surface area contributed by atoms with Gasteiger partial charge in [0.15, 0.2) is 0 Å². The summed E-state index contributed by atoms with van der Waals surface area (Å²) in [4.78, 5) is 0.0672. The van der Waals surface area contributed by atoms with Gasteiger partial charge in [0.1, 0.15) is 19.0 Å². The average molecular weight is 247 g/mol. The maximum Gasteiger partial charge on any atom is 0.238 e. The fourth-order valence-electron chi connectivity index (χ4n) is 1.37. The van der Waals surface area contributed by atoms with Crippen LogP contribution in [0.15, 0.2) is 17.0 Å². The van der Waals surface area contributed by atoms with Crippen LogP contribution in [0.5, 0.6) is 5.75 Å². The topological polar surface area (TPSA) is 69.4 Å². The lowest BCUT2D eigenvalue weighted by molar-refractivity contribution is 0.271. The zero-order valence-corrected chi connectivity index (χ0v) is 9.97. The molecule has 1 aromatic rings. The maximum atomic E-state index is 11.9. The number of aryl methyl sites for hydroxylation is 2. The van der Waals surface area contributed by atoms with Crippen LogP contribution in [0.3, 0.4) is 0 Å². The lowest BCUT2D eigenvalue weighted by Gasteiger charge is -2.11. The highest BCUT2D eigenvalue weighted by Crippen LogP contribution is 2.25. The third-order valence-corrected chi connectivity index (χ3v) is 3.17. The highest BCUT2D eigenvalue weighted by Gasteiger charge is 2.14. The first-order valence-electron chi connectivity index (χ1n) is 4.69. The second-order valence-electron chi connectivity index (χ2n) is 3.47. The third kappa shape index (κ3) is 2.93. The number of rotatable bonds is 4. The van der Waals surface area contributed by atoms with Gasteiger partial charge in [0.05, 0.1) is 4.90 Å². The fourth-order valence-corrected chi connectivity index (χ4v) is 2.22. The summed E-state index contributed by atoms with van der Waals surface area (Å²) in [6.07, 6.45) is 0. The Labute approximate surface area is 94.3 Å². The van der Waals surface area contributed by atoms with Crippen molar-refractivity contribution in [2.45, 2.75) is 18.7 Å². The standard InChI is InChI=1S/C10H14FNO3S/c1-7-6-10(16(12,13)14)8(2)5-9(7)15-4-3-11/h5-6H,3-4H2,1-2H3,(H2,12,13,14). The number of ether oxygens (including phenoxy) is 1. The molecule has 2 N–H and O–H groups in total. The molecule has 0 heterocycles. The van der Waals surface area contributed by atoms with E-state index in [2.05, 4.69) is 0 Å². The first-order valence-corrected chi connectivity index (χ1v) is 6.23. The Balaban J connectivity index is 3.17. The Morgan fingerprint density at radius 3 is 2.44 bits per heavy atom. The number of hydrogen-bond donors (Lipinski definition) is 1. The van der Waals surface area contributed by atoms with Crippen molar-refractivity contribution in [2.75, 3.05) is 13.3 Å². The second kappa shape index (κ2) is 4.80. The Morgan fingerprint density at radius 2 is 1.94 bits per heavy atom. The molecular formula is C10H14FNO3S. The molecule has 0 atom stereocenters. The van der Waals surface area contributed by atoms with Crippen molar-refractivity contribution >= 4 is 10.0 Å². The molecule has 1 rings (SSSR count). The van der Waals surface area contributed by atoms with E-state index in [9.17, 15) is 12.8 Å². The van der Waals surface area contributed by atoms with Crippen LogP contribution in [0.2, 0.25) is 0 Å². The van der Waals surface area contributed by atoms with Crippen LogP contribution >= 0.6 is 0 Å². The van der Waals surface area contributed by atoms with E-state index in [1.54, 1.807) is 19.9 Å². The Bertz CT molecular complexity index is 485. The predicted molar refractivity (Wildman–Crippen MR) is 58.8 cm³/mol. The average Bonchev–Trinajstić information content (AvgIpc) is 2.17. The molecule has 0 bridgehead atoms. The molecule has 6 heteroatoms. The Hall–Kier alpha value is -1.14. The molecule has 0 unspecified atom stereocenters. The van der Waals surface area contributed by atoms with Gasteiger partial charge >= 0.3 is 0 Å². The predicted octanol–water partition coefficient (Wildman–Crippen LogP) is 1.30. The fraction of sp³-hybridized carbons (Fsp3) is 0.400. The van der Waals surface area contributed by atoms with Gasteiger partial charge < -0.3 is 4.74 Å². The first kappa shape index (κ1) is 12.9. The van der Waals surface area contributed by atoms with Crippen LogP contribution in [-0.4, -0.2) is 21.7 Å². The SMILES string of the molecule is Cc1cc(S(N)(=O)=O)c(C)cc1OCCF. The van der Waals surface area contributed by atoms with Crippen LogP contribution in [0.25, 0.3) is 0 Å². The van der Waals surface area contributed by atoms with Gasteiger partial charge in [-0.1, -0.05) is 0 Å². The van der Waals surface area contributed by atoms with Crippen LogP contribution in [0.4, 0.5) is 4.39 Å². The van der Waals surface area contributed by atoms with E-state index in [0.717, 1.165) is 0 Å².